The zero-order valence-electron chi connectivity index (χ0n) is 13.5. The number of rotatable bonds is 2. The van der Waals surface area contributed by atoms with Crippen molar-refractivity contribution in [3.63, 3.8) is 0 Å². The maximum Gasteiger partial charge on any atom is 0.416 e. The molecule has 0 fully saturated rings. The summed E-state index contributed by atoms with van der Waals surface area (Å²) in [6.45, 7) is 0. The SMILES string of the molecule is CN(C(=O)c1c(O)c2ccccc2[nH]c1=O)c1cccc(C(F)(F)F)c1. The highest BCUT2D eigenvalue weighted by molar-refractivity contribution is 6.10. The van der Waals surface area contributed by atoms with E-state index in [4.69, 9.17) is 0 Å². The maximum atomic E-state index is 12.9. The van der Waals surface area contributed by atoms with Gasteiger partial charge >= 0.3 is 6.18 Å². The number of nitrogens with zero attached hydrogens (tertiary/aromatic N) is 1. The number of nitrogens with one attached hydrogen (secondary N) is 1. The zero-order chi connectivity index (χ0) is 19.1. The number of benzene rings is 2. The highest BCUT2D eigenvalue weighted by Crippen LogP contribution is 2.32. The number of aromatic amines is 1. The number of para-hydroxylation sites is 1. The smallest absolute Gasteiger partial charge is 0.416 e. The van der Waals surface area contributed by atoms with Gasteiger partial charge in [-0.2, -0.15) is 13.2 Å². The van der Waals surface area contributed by atoms with Crippen molar-refractivity contribution in [2.75, 3.05) is 11.9 Å². The van der Waals surface area contributed by atoms with E-state index < -0.39 is 34.5 Å². The summed E-state index contributed by atoms with van der Waals surface area (Å²) in [4.78, 5) is 28.2. The summed E-state index contributed by atoms with van der Waals surface area (Å²) in [5, 5.41) is 10.6. The molecule has 0 spiro atoms. The Labute approximate surface area is 145 Å². The highest BCUT2D eigenvalue weighted by atomic mass is 19.4. The number of anilines is 1. The van der Waals surface area contributed by atoms with Crippen LogP contribution in [0.1, 0.15) is 15.9 Å². The van der Waals surface area contributed by atoms with Gasteiger partial charge < -0.3 is 15.0 Å². The first-order chi connectivity index (χ1) is 12.2. The van der Waals surface area contributed by atoms with Gasteiger partial charge in [0, 0.05) is 18.1 Å². The normalized spacial score (nSPS) is 11.5. The summed E-state index contributed by atoms with van der Waals surface area (Å²) in [5.74, 6) is -1.44. The second kappa shape index (κ2) is 6.21. The quantitative estimate of drug-likeness (QED) is 0.733. The van der Waals surface area contributed by atoms with Gasteiger partial charge in [-0.3, -0.25) is 9.59 Å². The lowest BCUT2D eigenvalue weighted by Gasteiger charge is -2.19. The van der Waals surface area contributed by atoms with E-state index in [1.54, 1.807) is 18.2 Å². The number of hydrogen-bond donors (Lipinski definition) is 2. The number of carbonyl (C=O) groups is 1. The molecule has 0 aliphatic heterocycles. The van der Waals surface area contributed by atoms with Crippen LogP contribution >= 0.6 is 0 Å². The molecule has 1 amide bonds. The summed E-state index contributed by atoms with van der Waals surface area (Å²) in [5.41, 5.74) is -2.01. The van der Waals surface area contributed by atoms with E-state index in [9.17, 15) is 27.9 Å². The molecule has 0 bridgehead atoms. The lowest BCUT2D eigenvalue weighted by molar-refractivity contribution is -0.137. The third-order valence-corrected chi connectivity index (χ3v) is 3.97. The largest absolute Gasteiger partial charge is 0.506 e. The Morgan fingerprint density at radius 1 is 1.12 bits per heavy atom. The van der Waals surface area contributed by atoms with Gasteiger partial charge in [-0.15, -0.1) is 0 Å². The van der Waals surface area contributed by atoms with Crippen molar-refractivity contribution in [3.05, 3.63) is 70.0 Å². The summed E-state index contributed by atoms with van der Waals surface area (Å²) in [6, 6.07) is 10.5. The average Bonchev–Trinajstić information content (AvgIpc) is 2.60. The van der Waals surface area contributed by atoms with Crippen LogP contribution in [0.4, 0.5) is 18.9 Å². The predicted octanol–water partition coefficient (Wildman–Crippen LogP) is 3.53. The molecule has 0 saturated carbocycles. The Kier molecular flexibility index (Phi) is 4.19. The molecular weight excluding hydrogens is 349 g/mol. The van der Waals surface area contributed by atoms with Crippen molar-refractivity contribution in [1.82, 2.24) is 4.98 Å². The van der Waals surface area contributed by atoms with E-state index in [2.05, 4.69) is 4.98 Å². The van der Waals surface area contributed by atoms with Crippen LogP contribution in [0.25, 0.3) is 10.9 Å². The Bertz CT molecular complexity index is 1060. The molecule has 0 unspecified atom stereocenters. The fraction of sp³-hybridized carbons (Fsp3) is 0.111. The van der Waals surface area contributed by atoms with Crippen molar-refractivity contribution in [3.8, 4) is 5.75 Å². The first-order valence-corrected chi connectivity index (χ1v) is 7.49. The fourth-order valence-electron chi connectivity index (χ4n) is 2.60. The van der Waals surface area contributed by atoms with Crippen molar-refractivity contribution in [2.24, 2.45) is 0 Å². The molecule has 26 heavy (non-hydrogen) atoms. The summed E-state index contributed by atoms with van der Waals surface area (Å²) in [6.07, 6.45) is -4.57. The molecule has 0 atom stereocenters. The van der Waals surface area contributed by atoms with Crippen molar-refractivity contribution >= 4 is 22.5 Å². The van der Waals surface area contributed by atoms with Crippen LogP contribution in [0.5, 0.6) is 5.75 Å². The molecule has 2 aromatic carbocycles. The van der Waals surface area contributed by atoms with Crippen LogP contribution in [0.2, 0.25) is 0 Å². The molecule has 0 saturated heterocycles. The minimum Gasteiger partial charge on any atom is -0.506 e. The molecule has 134 valence electrons. The summed E-state index contributed by atoms with van der Waals surface area (Å²) in [7, 11) is 1.23. The third kappa shape index (κ3) is 3.01. The lowest BCUT2D eigenvalue weighted by Crippen LogP contribution is -2.32. The first kappa shape index (κ1) is 17.5. The molecule has 0 aliphatic carbocycles. The number of halogens is 3. The Balaban J connectivity index is 2.08. The van der Waals surface area contributed by atoms with Crippen LogP contribution in [0.15, 0.2) is 53.3 Å². The van der Waals surface area contributed by atoms with Crippen LogP contribution in [0, 0.1) is 0 Å². The molecule has 8 heteroatoms. The van der Waals surface area contributed by atoms with E-state index >= 15 is 0 Å². The summed E-state index contributed by atoms with van der Waals surface area (Å²) >= 11 is 0. The highest BCUT2D eigenvalue weighted by Gasteiger charge is 2.31. The van der Waals surface area contributed by atoms with E-state index in [-0.39, 0.29) is 11.1 Å². The number of pyridine rings is 1. The Hall–Kier alpha value is -3.29. The number of alkyl halides is 3. The zero-order valence-corrected chi connectivity index (χ0v) is 13.5. The fourth-order valence-corrected chi connectivity index (χ4v) is 2.60. The van der Waals surface area contributed by atoms with Crippen molar-refractivity contribution in [2.45, 2.75) is 6.18 Å². The number of aromatic nitrogens is 1. The number of hydrogen-bond acceptors (Lipinski definition) is 3. The minimum absolute atomic E-state index is 0.0585. The van der Waals surface area contributed by atoms with Crippen LogP contribution in [-0.4, -0.2) is 23.0 Å². The van der Waals surface area contributed by atoms with E-state index in [1.807, 2.05) is 0 Å². The molecule has 0 aliphatic rings. The summed E-state index contributed by atoms with van der Waals surface area (Å²) < 4.78 is 38.6. The van der Waals surface area contributed by atoms with Gasteiger partial charge in [0.25, 0.3) is 11.5 Å². The second-order valence-electron chi connectivity index (χ2n) is 5.64. The van der Waals surface area contributed by atoms with Crippen LogP contribution in [0.3, 0.4) is 0 Å². The van der Waals surface area contributed by atoms with Gasteiger partial charge in [0.15, 0.2) is 0 Å². The molecule has 1 aromatic heterocycles. The molecule has 5 nitrogen and oxygen atoms in total. The standard InChI is InChI=1S/C18H13F3N2O3/c1-23(11-6-4-5-10(9-11)18(19,20)21)17(26)14-15(24)12-7-2-3-8-13(12)22-16(14)25/h2-9H,1H3,(H2,22,24,25). The second-order valence-corrected chi connectivity index (χ2v) is 5.64. The minimum atomic E-state index is -4.57. The number of H-pyrrole nitrogens is 1. The van der Waals surface area contributed by atoms with Gasteiger partial charge in [-0.25, -0.2) is 0 Å². The molecule has 3 rings (SSSR count). The molecule has 3 aromatic rings. The van der Waals surface area contributed by atoms with Gasteiger partial charge in [-0.1, -0.05) is 18.2 Å². The predicted molar refractivity (Wildman–Crippen MR) is 90.4 cm³/mol. The number of carbonyl (C=O) groups excluding carboxylic acids is 1. The molecule has 0 radical (unpaired) electrons. The van der Waals surface area contributed by atoms with Gasteiger partial charge in [-0.05, 0) is 30.3 Å². The molecule has 1 heterocycles. The third-order valence-electron chi connectivity index (χ3n) is 3.97. The first-order valence-electron chi connectivity index (χ1n) is 7.49. The van der Waals surface area contributed by atoms with E-state index in [0.717, 1.165) is 23.1 Å². The van der Waals surface area contributed by atoms with Gasteiger partial charge in [0.05, 0.1) is 11.1 Å². The van der Waals surface area contributed by atoms with Crippen LogP contribution < -0.4 is 10.5 Å². The maximum absolute atomic E-state index is 12.9. The monoisotopic (exact) mass is 362 g/mol. The van der Waals surface area contributed by atoms with Crippen molar-refractivity contribution in [1.29, 1.82) is 0 Å². The van der Waals surface area contributed by atoms with E-state index in [1.165, 1.54) is 19.2 Å². The molecular formula is C18H13F3N2O3. The van der Waals surface area contributed by atoms with E-state index in [0.29, 0.717) is 5.52 Å². The number of amides is 1. The lowest BCUT2D eigenvalue weighted by atomic mass is 10.1. The Morgan fingerprint density at radius 2 is 1.81 bits per heavy atom. The number of aromatic hydroxyl groups is 1. The van der Waals surface area contributed by atoms with Gasteiger partial charge in [0.1, 0.15) is 11.3 Å². The molecule has 2 N–H and O–H groups in total. The van der Waals surface area contributed by atoms with Crippen molar-refractivity contribution < 1.29 is 23.1 Å². The van der Waals surface area contributed by atoms with Gasteiger partial charge in [0.2, 0.25) is 0 Å². The Morgan fingerprint density at radius 3 is 2.50 bits per heavy atom. The number of fused-ring (bicyclic) bond motifs is 1. The van der Waals surface area contributed by atoms with Crippen LogP contribution in [-0.2, 0) is 6.18 Å². The topological polar surface area (TPSA) is 73.4 Å². The average molecular weight is 362 g/mol.